The van der Waals surface area contributed by atoms with Crippen molar-refractivity contribution in [2.75, 3.05) is 14.1 Å². The Morgan fingerprint density at radius 2 is 2.00 bits per heavy atom. The molecule has 106 valence electrons. The van der Waals surface area contributed by atoms with Crippen LogP contribution in [0.5, 0.6) is 0 Å². The number of halogens is 1. The molecule has 0 aliphatic heterocycles. The quantitative estimate of drug-likeness (QED) is 0.861. The minimum Gasteiger partial charge on any atom is -0.317 e. The van der Waals surface area contributed by atoms with Crippen molar-refractivity contribution in [2.24, 2.45) is 0 Å². The molecule has 2 rings (SSSR count). The normalized spacial score (nSPS) is 23.8. The summed E-state index contributed by atoms with van der Waals surface area (Å²) >= 11 is 5.98. The van der Waals surface area contributed by atoms with Crippen LogP contribution in [0.1, 0.15) is 37.2 Å². The molecule has 1 aliphatic carbocycles. The predicted octanol–water partition coefficient (Wildman–Crippen LogP) is 2.40. The zero-order valence-corrected chi connectivity index (χ0v) is 12.7. The summed E-state index contributed by atoms with van der Waals surface area (Å²) in [5.74, 6) is 0.822. The van der Waals surface area contributed by atoms with Gasteiger partial charge in [0.25, 0.3) is 0 Å². The number of nitrogens with one attached hydrogen (secondary N) is 1. The Kier molecular flexibility index (Phi) is 5.13. The largest absolute Gasteiger partial charge is 0.317 e. The molecule has 0 bridgehead atoms. The molecule has 4 nitrogen and oxygen atoms in total. The van der Waals surface area contributed by atoms with Gasteiger partial charge >= 0.3 is 0 Å². The van der Waals surface area contributed by atoms with Gasteiger partial charge in [0.15, 0.2) is 0 Å². The van der Waals surface area contributed by atoms with Gasteiger partial charge in [-0.2, -0.15) is 0 Å². The maximum Gasteiger partial charge on any atom is 0.144 e. The standard InChI is InChI=1S/C14H23ClN4/c1-10-8-13(15)18-14(17-10)9-19(3)12-6-4-11(16-2)5-7-12/h8,11-12,16H,4-7,9H2,1-3H3. The number of rotatable bonds is 4. The number of aromatic nitrogens is 2. The average molecular weight is 283 g/mol. The van der Waals surface area contributed by atoms with Gasteiger partial charge in [0.1, 0.15) is 11.0 Å². The van der Waals surface area contributed by atoms with Gasteiger partial charge in [-0.3, -0.25) is 4.90 Å². The van der Waals surface area contributed by atoms with E-state index in [2.05, 4.69) is 34.3 Å². The van der Waals surface area contributed by atoms with E-state index in [0.29, 0.717) is 17.2 Å². The second-order valence-electron chi connectivity index (χ2n) is 5.46. The van der Waals surface area contributed by atoms with Gasteiger partial charge in [-0.15, -0.1) is 0 Å². The van der Waals surface area contributed by atoms with Crippen molar-refractivity contribution < 1.29 is 0 Å². The smallest absolute Gasteiger partial charge is 0.144 e. The molecule has 0 unspecified atom stereocenters. The summed E-state index contributed by atoms with van der Waals surface area (Å²) in [5, 5.41) is 3.90. The van der Waals surface area contributed by atoms with Crippen LogP contribution in [0.2, 0.25) is 5.15 Å². The van der Waals surface area contributed by atoms with E-state index in [4.69, 9.17) is 11.6 Å². The zero-order valence-electron chi connectivity index (χ0n) is 12.0. The van der Waals surface area contributed by atoms with E-state index in [0.717, 1.165) is 18.1 Å². The zero-order chi connectivity index (χ0) is 13.8. The van der Waals surface area contributed by atoms with E-state index in [1.54, 1.807) is 6.07 Å². The van der Waals surface area contributed by atoms with Gasteiger partial charge in [0, 0.05) is 17.8 Å². The van der Waals surface area contributed by atoms with Crippen LogP contribution in [0.25, 0.3) is 0 Å². The van der Waals surface area contributed by atoms with Crippen molar-refractivity contribution in [1.82, 2.24) is 20.2 Å². The first kappa shape index (κ1) is 14.7. The molecule has 1 N–H and O–H groups in total. The van der Waals surface area contributed by atoms with Crippen LogP contribution in [0.15, 0.2) is 6.07 Å². The molecule has 1 aromatic heterocycles. The van der Waals surface area contributed by atoms with Gasteiger partial charge in [0.2, 0.25) is 0 Å². The van der Waals surface area contributed by atoms with E-state index < -0.39 is 0 Å². The summed E-state index contributed by atoms with van der Waals surface area (Å²) in [6.45, 7) is 2.73. The number of hydrogen-bond donors (Lipinski definition) is 1. The SMILES string of the molecule is CNC1CCC(N(C)Cc2nc(C)cc(Cl)n2)CC1. The van der Waals surface area contributed by atoms with E-state index in [-0.39, 0.29) is 0 Å². The second-order valence-corrected chi connectivity index (χ2v) is 5.84. The van der Waals surface area contributed by atoms with E-state index in [1.165, 1.54) is 25.7 Å². The molecule has 0 aromatic carbocycles. The molecule has 0 radical (unpaired) electrons. The summed E-state index contributed by atoms with van der Waals surface area (Å²) in [4.78, 5) is 11.1. The lowest BCUT2D eigenvalue weighted by atomic mass is 9.90. The van der Waals surface area contributed by atoms with E-state index >= 15 is 0 Å². The first-order valence-electron chi connectivity index (χ1n) is 6.96. The van der Waals surface area contributed by atoms with Crippen LogP contribution >= 0.6 is 11.6 Å². The molecule has 5 heteroatoms. The minimum absolute atomic E-state index is 0.537. The maximum atomic E-state index is 5.98. The van der Waals surface area contributed by atoms with Crippen molar-refractivity contribution in [3.8, 4) is 0 Å². The molecule has 1 saturated carbocycles. The molecule has 0 spiro atoms. The van der Waals surface area contributed by atoms with Crippen LogP contribution < -0.4 is 5.32 Å². The van der Waals surface area contributed by atoms with Crippen molar-refractivity contribution in [1.29, 1.82) is 0 Å². The maximum absolute atomic E-state index is 5.98. The summed E-state index contributed by atoms with van der Waals surface area (Å²) in [5.41, 5.74) is 0.933. The lowest BCUT2D eigenvalue weighted by Crippen LogP contribution is -2.39. The highest BCUT2D eigenvalue weighted by Gasteiger charge is 2.23. The fraction of sp³-hybridized carbons (Fsp3) is 0.714. The Bertz CT molecular complexity index is 396. The Morgan fingerprint density at radius 1 is 1.32 bits per heavy atom. The summed E-state index contributed by atoms with van der Waals surface area (Å²) < 4.78 is 0. The first-order valence-corrected chi connectivity index (χ1v) is 7.34. The van der Waals surface area contributed by atoms with E-state index in [1.807, 2.05) is 6.92 Å². The van der Waals surface area contributed by atoms with Crippen LogP contribution in [0.3, 0.4) is 0 Å². The fourth-order valence-corrected chi connectivity index (χ4v) is 3.07. The molecular formula is C14H23ClN4. The summed E-state index contributed by atoms with van der Waals surface area (Å²) in [6.07, 6.45) is 4.98. The third-order valence-electron chi connectivity index (χ3n) is 3.99. The molecular weight excluding hydrogens is 260 g/mol. The molecule has 0 amide bonds. The van der Waals surface area contributed by atoms with Crippen molar-refractivity contribution >= 4 is 11.6 Å². The van der Waals surface area contributed by atoms with E-state index in [9.17, 15) is 0 Å². The van der Waals surface area contributed by atoms with Crippen molar-refractivity contribution in [3.05, 3.63) is 22.7 Å². The molecule has 19 heavy (non-hydrogen) atoms. The monoisotopic (exact) mass is 282 g/mol. The van der Waals surface area contributed by atoms with Gasteiger partial charge < -0.3 is 5.32 Å². The molecule has 1 heterocycles. The number of hydrogen-bond acceptors (Lipinski definition) is 4. The third-order valence-corrected chi connectivity index (χ3v) is 4.18. The van der Waals surface area contributed by atoms with Gasteiger partial charge in [0.05, 0.1) is 6.54 Å². The van der Waals surface area contributed by atoms with Crippen LogP contribution in [-0.2, 0) is 6.54 Å². The lowest BCUT2D eigenvalue weighted by Gasteiger charge is -2.34. The summed E-state index contributed by atoms with van der Waals surface area (Å²) in [7, 11) is 4.21. The topological polar surface area (TPSA) is 41.0 Å². The Labute approximate surface area is 120 Å². The average Bonchev–Trinajstić information content (AvgIpc) is 2.37. The van der Waals surface area contributed by atoms with Gasteiger partial charge in [-0.05, 0) is 52.8 Å². The van der Waals surface area contributed by atoms with Gasteiger partial charge in [-0.25, -0.2) is 9.97 Å². The Balaban J connectivity index is 1.92. The van der Waals surface area contributed by atoms with Crippen LogP contribution in [-0.4, -0.2) is 41.0 Å². The molecule has 1 aromatic rings. The van der Waals surface area contributed by atoms with Crippen molar-refractivity contribution in [2.45, 2.75) is 51.2 Å². The van der Waals surface area contributed by atoms with Crippen LogP contribution in [0, 0.1) is 6.92 Å². The lowest BCUT2D eigenvalue weighted by molar-refractivity contribution is 0.166. The third kappa shape index (κ3) is 4.13. The fourth-order valence-electron chi connectivity index (χ4n) is 2.82. The highest BCUT2D eigenvalue weighted by atomic mass is 35.5. The molecule has 1 aliphatic rings. The van der Waals surface area contributed by atoms with Gasteiger partial charge in [-0.1, -0.05) is 11.6 Å². The molecule has 0 saturated heterocycles. The predicted molar refractivity (Wildman–Crippen MR) is 78.3 cm³/mol. The first-order chi connectivity index (χ1) is 9.08. The number of aryl methyl sites for hydroxylation is 1. The summed E-state index contributed by atoms with van der Waals surface area (Å²) in [6, 6.07) is 3.12. The second kappa shape index (κ2) is 6.64. The highest BCUT2D eigenvalue weighted by Crippen LogP contribution is 2.23. The van der Waals surface area contributed by atoms with Crippen LogP contribution in [0.4, 0.5) is 0 Å². The Morgan fingerprint density at radius 3 is 2.58 bits per heavy atom. The number of nitrogens with zero attached hydrogens (tertiary/aromatic N) is 3. The minimum atomic E-state index is 0.537. The highest BCUT2D eigenvalue weighted by molar-refractivity contribution is 6.29. The van der Waals surface area contributed by atoms with Crippen molar-refractivity contribution in [3.63, 3.8) is 0 Å². The molecule has 0 atom stereocenters. The Hall–Kier alpha value is -0.710. The molecule has 1 fully saturated rings.